The Morgan fingerprint density at radius 3 is 2.20 bits per heavy atom. The number of aliphatic imine (C=N–C) groups is 1. The van der Waals surface area contributed by atoms with Gasteiger partial charge >= 0.3 is 116 Å². The first kappa shape index (κ1) is 54.5. The molecule has 5 rings (SSSR count). The zero-order chi connectivity index (χ0) is 39.2. The maximum absolute atomic E-state index is 11.9. The second-order valence-corrected chi connectivity index (χ2v) is 16.3. The van der Waals surface area contributed by atoms with E-state index in [2.05, 4.69) is 85.1 Å². The van der Waals surface area contributed by atoms with E-state index in [-0.39, 0.29) is 99.0 Å². The molecule has 0 fully saturated rings. The number of rotatable bonds is 9. The van der Waals surface area contributed by atoms with Crippen LogP contribution in [0.5, 0.6) is 0 Å². The SMILES string of the molecule is O=S(=O)=O.O=S(=O)=O.[CH2-]CC[n+]1cc(Cl)cc2c1N=C(C=CC(Br)=CC=C1N(CCCC)c3ccc4[c-]cc(S(=O)(=O)[O-])cc4c3C1(C)C)C2(C)C.[Na+].[Na+].[Na+]. The predicted octanol–water partition coefficient (Wildman–Crippen LogP) is -2.61. The average Bonchev–Trinajstić information content (AvgIpc) is 3.41. The molecule has 0 aliphatic carbocycles. The van der Waals surface area contributed by atoms with Crippen LogP contribution >= 0.6 is 27.5 Å². The number of aromatic nitrogens is 1. The van der Waals surface area contributed by atoms with E-state index in [0.29, 0.717) is 5.02 Å². The molecule has 3 aromatic rings. The van der Waals surface area contributed by atoms with Crippen LogP contribution in [0.25, 0.3) is 10.8 Å². The van der Waals surface area contributed by atoms with Crippen molar-refractivity contribution < 1.29 is 131 Å². The fraction of sp³-hybridized carbons (Fsp3) is 0.343. The summed E-state index contributed by atoms with van der Waals surface area (Å²) < 4.78 is 89.2. The van der Waals surface area contributed by atoms with Crippen LogP contribution in [0.1, 0.15) is 65.0 Å². The van der Waals surface area contributed by atoms with E-state index >= 15 is 0 Å². The molecule has 0 spiro atoms. The van der Waals surface area contributed by atoms with Gasteiger partial charge in [0, 0.05) is 27.8 Å². The third-order valence-electron chi connectivity index (χ3n) is 8.57. The van der Waals surface area contributed by atoms with E-state index in [9.17, 15) is 13.0 Å². The molecule has 3 heterocycles. The minimum atomic E-state index is -4.61. The molecule has 0 saturated heterocycles. The van der Waals surface area contributed by atoms with Gasteiger partial charge in [-0.25, -0.2) is 13.0 Å². The number of benzene rings is 2. The Labute approximate surface area is 405 Å². The van der Waals surface area contributed by atoms with E-state index in [1.807, 2.05) is 36.6 Å². The summed E-state index contributed by atoms with van der Waals surface area (Å²) in [7, 11) is -10.8. The van der Waals surface area contributed by atoms with Crippen LogP contribution in [0, 0.1) is 13.0 Å². The number of allylic oxidation sites excluding steroid dienone is 6. The van der Waals surface area contributed by atoms with Gasteiger partial charge in [-0.2, -0.15) is 0 Å². The second-order valence-electron chi connectivity index (χ2n) is 12.8. The van der Waals surface area contributed by atoms with Gasteiger partial charge in [0.25, 0.3) is 0 Å². The molecule has 2 aliphatic rings. The smallest absolute Gasteiger partial charge is 0.752 e. The van der Waals surface area contributed by atoms with E-state index < -0.39 is 36.8 Å². The number of halogens is 2. The van der Waals surface area contributed by atoms with Gasteiger partial charge in [-0.3, -0.25) is 0 Å². The first-order valence-corrected chi connectivity index (χ1v) is 20.4. The summed E-state index contributed by atoms with van der Waals surface area (Å²) in [6.07, 6.45) is 12.9. The molecule has 280 valence electrons. The molecule has 2 aliphatic heterocycles. The predicted molar refractivity (Wildman–Crippen MR) is 201 cm³/mol. The molecule has 2 aromatic carbocycles. The third kappa shape index (κ3) is 14.0. The number of hydrogen-bond donors (Lipinski definition) is 0. The molecule has 0 radical (unpaired) electrons. The average molecular weight is 924 g/mol. The van der Waals surface area contributed by atoms with Gasteiger partial charge in [0.2, 0.25) is 0 Å². The van der Waals surface area contributed by atoms with Gasteiger partial charge in [-0.15, -0.1) is 66.7 Å². The van der Waals surface area contributed by atoms with Crippen LogP contribution in [-0.4, -0.2) is 50.5 Å². The first-order valence-electron chi connectivity index (χ1n) is 15.8. The third-order valence-corrected chi connectivity index (χ3v) is 10.1. The van der Waals surface area contributed by atoms with Gasteiger partial charge < -0.3 is 16.4 Å². The fourth-order valence-corrected chi connectivity index (χ4v) is 7.19. The van der Waals surface area contributed by atoms with Crippen molar-refractivity contribution in [2.45, 2.75) is 76.2 Å². The van der Waals surface area contributed by atoms with Crippen molar-refractivity contribution >= 4 is 86.9 Å². The summed E-state index contributed by atoms with van der Waals surface area (Å²) in [5.74, 6) is 0.916. The van der Waals surface area contributed by atoms with E-state index in [1.54, 1.807) is 0 Å². The minimum absolute atomic E-state index is 0. The Morgan fingerprint density at radius 2 is 1.65 bits per heavy atom. The van der Waals surface area contributed by atoms with Gasteiger partial charge in [0.15, 0.2) is 5.71 Å². The molecule has 0 bridgehead atoms. The van der Waals surface area contributed by atoms with E-state index in [1.165, 1.54) is 12.1 Å². The van der Waals surface area contributed by atoms with Crippen molar-refractivity contribution in [3.63, 3.8) is 0 Å². The van der Waals surface area contributed by atoms with Crippen LogP contribution < -0.4 is 98.1 Å². The van der Waals surface area contributed by atoms with Crippen LogP contribution in [0.2, 0.25) is 5.02 Å². The number of aryl methyl sites for hydroxylation is 1. The summed E-state index contributed by atoms with van der Waals surface area (Å²) >= 11 is 10.2. The molecule has 0 unspecified atom stereocenters. The molecule has 20 heteroatoms. The molecule has 55 heavy (non-hydrogen) atoms. The van der Waals surface area contributed by atoms with Crippen molar-refractivity contribution in [1.82, 2.24) is 0 Å². The maximum atomic E-state index is 11.9. The summed E-state index contributed by atoms with van der Waals surface area (Å²) in [4.78, 5) is 7.03. The summed E-state index contributed by atoms with van der Waals surface area (Å²) in [5, 5.41) is 2.19. The van der Waals surface area contributed by atoms with Crippen LogP contribution in [-0.2, 0) is 48.7 Å². The van der Waals surface area contributed by atoms with Gasteiger partial charge in [-0.1, -0.05) is 60.8 Å². The Morgan fingerprint density at radius 1 is 1.05 bits per heavy atom. The second kappa shape index (κ2) is 23.3. The van der Waals surface area contributed by atoms with Crippen molar-refractivity contribution in [3.05, 3.63) is 100 Å². The van der Waals surface area contributed by atoms with Crippen molar-refractivity contribution in [3.8, 4) is 0 Å². The summed E-state index contributed by atoms with van der Waals surface area (Å²) in [6.45, 7) is 16.3. The zero-order valence-electron chi connectivity index (χ0n) is 32.0. The van der Waals surface area contributed by atoms with Crippen LogP contribution in [0.15, 0.2) is 80.9 Å². The van der Waals surface area contributed by atoms with E-state index in [4.69, 9.17) is 41.8 Å². The molecule has 0 N–H and O–H groups in total. The molecular formula is C35H37BrClN3Na3O9S3+. The van der Waals surface area contributed by atoms with Crippen molar-refractivity contribution in [2.24, 2.45) is 4.99 Å². The topological polar surface area (TPSA) is 179 Å². The Balaban J connectivity index is 0.00000242. The number of fused-ring (bicyclic) bond motifs is 4. The van der Waals surface area contributed by atoms with Gasteiger partial charge in [0.05, 0.1) is 32.7 Å². The van der Waals surface area contributed by atoms with Crippen LogP contribution in [0.3, 0.4) is 0 Å². The molecule has 12 nitrogen and oxygen atoms in total. The van der Waals surface area contributed by atoms with Gasteiger partial charge in [0.1, 0.15) is 6.20 Å². The van der Waals surface area contributed by atoms with Crippen LogP contribution in [0.4, 0.5) is 11.5 Å². The number of anilines is 1. The number of nitrogens with zero attached hydrogens (tertiary/aromatic N) is 3. The zero-order valence-corrected chi connectivity index (χ0v) is 42.8. The fourth-order valence-electron chi connectivity index (χ4n) is 6.23. The van der Waals surface area contributed by atoms with Crippen molar-refractivity contribution in [1.29, 1.82) is 0 Å². The molecule has 0 atom stereocenters. The minimum Gasteiger partial charge on any atom is -0.752 e. The number of pyridine rings is 1. The monoisotopic (exact) mass is 922 g/mol. The van der Waals surface area contributed by atoms with E-state index in [0.717, 1.165) is 81.6 Å². The molecular weight excluding hydrogens is 887 g/mol. The normalized spacial score (nSPS) is 15.6. The van der Waals surface area contributed by atoms with Gasteiger partial charge in [-0.05, 0) is 66.1 Å². The molecule has 0 amide bonds. The Hall–Kier alpha value is -0.540. The quantitative estimate of drug-likeness (QED) is 0.0727. The number of unbranched alkanes of at least 4 members (excludes halogenated alkanes) is 1. The first-order chi connectivity index (χ1) is 24.2. The molecule has 1 aromatic heterocycles. The maximum Gasteiger partial charge on any atom is 1.00 e. The van der Waals surface area contributed by atoms with Crippen molar-refractivity contribution in [2.75, 3.05) is 11.4 Å². The molecule has 0 saturated carbocycles. The standard InChI is InChI=1S/C35H38BrClN3O3S.3Na.2O3S/c1-7-9-19-40-29-15-11-23-10-14-26(44(41,42)43)21-27(23)32(29)35(5,6)31(40)17-13-24(36)12-16-30-34(3,4)28-20-25(37)22-39(18-8-2)33(28)38-30;;;;2*1-4(2)3/h11-17,20-22H,2,7-9,18-19H2,1,3-6H3,(H,41,42,43);;;;;/q-1;3*+1;;/p-1. The largest absolute Gasteiger partial charge is 1.00 e. The summed E-state index contributed by atoms with van der Waals surface area (Å²) in [5.41, 5.74) is 4.36. The Bertz CT molecular complexity index is 2310. The number of hydrogen-bond acceptors (Lipinski definition) is 11. The Kier molecular flexibility index (Phi) is 23.1. The summed E-state index contributed by atoms with van der Waals surface area (Å²) in [6, 6.07) is 11.8.